The average Bonchev–Trinajstić information content (AvgIpc) is 2.29. The van der Waals surface area contributed by atoms with Crippen molar-refractivity contribution in [3.8, 4) is 5.75 Å². The molecule has 0 fully saturated rings. The fraction of sp³-hybridized carbons (Fsp3) is 0.455. The number of nitrogen functional groups attached to an aromatic ring is 1. The van der Waals surface area contributed by atoms with Crippen molar-refractivity contribution in [1.29, 1.82) is 0 Å². The minimum Gasteiger partial charge on any atom is -0.495 e. The highest BCUT2D eigenvalue weighted by atomic mass is 32.2. The Bertz CT molecular complexity index is 498. The van der Waals surface area contributed by atoms with Crippen LogP contribution in [-0.4, -0.2) is 32.9 Å². The van der Waals surface area contributed by atoms with Gasteiger partial charge >= 0.3 is 10.2 Å². The first-order chi connectivity index (χ1) is 8.44. The molecule has 0 saturated heterocycles. The standard InChI is InChI=1S/C11H19N3O3S/c1-4-14(5-2)18(15,16)13-9-6-7-11(17-3)10(12)8-9/h6-8,13H,4-5,12H2,1-3H3. The molecule has 1 aromatic rings. The molecule has 0 unspecified atom stereocenters. The van der Waals surface area contributed by atoms with E-state index in [0.717, 1.165) is 0 Å². The van der Waals surface area contributed by atoms with E-state index in [9.17, 15) is 8.42 Å². The number of hydrogen-bond acceptors (Lipinski definition) is 4. The minimum atomic E-state index is -3.52. The van der Waals surface area contributed by atoms with Gasteiger partial charge in [-0.25, -0.2) is 0 Å². The molecule has 0 aromatic heterocycles. The van der Waals surface area contributed by atoms with Crippen molar-refractivity contribution in [3.05, 3.63) is 18.2 Å². The molecular weight excluding hydrogens is 254 g/mol. The Morgan fingerprint density at radius 2 is 1.94 bits per heavy atom. The molecule has 102 valence electrons. The van der Waals surface area contributed by atoms with E-state index in [4.69, 9.17) is 10.5 Å². The zero-order chi connectivity index (χ0) is 13.8. The van der Waals surface area contributed by atoms with Gasteiger partial charge in [-0.15, -0.1) is 0 Å². The number of nitrogens with two attached hydrogens (primary N) is 1. The molecule has 0 saturated carbocycles. The quantitative estimate of drug-likeness (QED) is 0.765. The lowest BCUT2D eigenvalue weighted by Gasteiger charge is -2.19. The van der Waals surface area contributed by atoms with Crippen molar-refractivity contribution in [2.24, 2.45) is 0 Å². The van der Waals surface area contributed by atoms with E-state index in [2.05, 4.69) is 4.72 Å². The van der Waals surface area contributed by atoms with Crippen LogP contribution in [0.5, 0.6) is 5.75 Å². The second-order valence-electron chi connectivity index (χ2n) is 3.65. The van der Waals surface area contributed by atoms with Crippen molar-refractivity contribution < 1.29 is 13.2 Å². The molecule has 0 aliphatic heterocycles. The van der Waals surface area contributed by atoms with E-state index in [1.165, 1.54) is 17.5 Å². The molecule has 0 heterocycles. The maximum Gasteiger partial charge on any atom is 0.301 e. The van der Waals surface area contributed by atoms with E-state index in [1.807, 2.05) is 0 Å². The number of benzene rings is 1. The Labute approximate surface area is 108 Å². The number of nitrogens with one attached hydrogen (secondary N) is 1. The van der Waals surface area contributed by atoms with Gasteiger partial charge in [0.15, 0.2) is 0 Å². The van der Waals surface area contributed by atoms with Gasteiger partial charge < -0.3 is 10.5 Å². The third-order valence-corrected chi connectivity index (χ3v) is 4.21. The van der Waals surface area contributed by atoms with Gasteiger partial charge in [0.05, 0.1) is 18.5 Å². The van der Waals surface area contributed by atoms with E-state index in [-0.39, 0.29) is 0 Å². The second-order valence-corrected chi connectivity index (χ2v) is 5.32. The number of rotatable bonds is 6. The van der Waals surface area contributed by atoms with Crippen LogP contribution < -0.4 is 15.2 Å². The highest BCUT2D eigenvalue weighted by Gasteiger charge is 2.18. The zero-order valence-corrected chi connectivity index (χ0v) is 11.6. The molecule has 6 nitrogen and oxygen atoms in total. The lowest BCUT2D eigenvalue weighted by Crippen LogP contribution is -2.35. The van der Waals surface area contributed by atoms with E-state index in [1.54, 1.807) is 26.0 Å². The first-order valence-corrected chi connectivity index (χ1v) is 7.10. The summed E-state index contributed by atoms with van der Waals surface area (Å²) in [4.78, 5) is 0. The number of anilines is 2. The molecule has 0 aliphatic carbocycles. The van der Waals surface area contributed by atoms with Crippen LogP contribution in [-0.2, 0) is 10.2 Å². The largest absolute Gasteiger partial charge is 0.495 e. The lowest BCUT2D eigenvalue weighted by atomic mass is 10.2. The summed E-state index contributed by atoms with van der Waals surface area (Å²) in [5, 5.41) is 0. The Balaban J connectivity index is 2.94. The molecule has 1 rings (SSSR count). The predicted octanol–water partition coefficient (Wildman–Crippen LogP) is 1.28. The van der Waals surface area contributed by atoms with Crippen LogP contribution in [0.15, 0.2) is 18.2 Å². The van der Waals surface area contributed by atoms with Crippen LogP contribution in [0.4, 0.5) is 11.4 Å². The van der Waals surface area contributed by atoms with Crippen molar-refractivity contribution in [2.75, 3.05) is 30.7 Å². The SMILES string of the molecule is CCN(CC)S(=O)(=O)Nc1ccc(OC)c(N)c1. The normalized spacial score (nSPS) is 11.6. The maximum absolute atomic E-state index is 12.0. The summed E-state index contributed by atoms with van der Waals surface area (Å²) in [6.45, 7) is 4.39. The summed E-state index contributed by atoms with van der Waals surface area (Å²) in [6.07, 6.45) is 0. The third-order valence-electron chi connectivity index (χ3n) is 2.52. The zero-order valence-electron chi connectivity index (χ0n) is 10.8. The van der Waals surface area contributed by atoms with Gasteiger partial charge in [-0.3, -0.25) is 4.72 Å². The minimum absolute atomic E-state index is 0.386. The molecule has 3 N–H and O–H groups in total. The monoisotopic (exact) mass is 273 g/mol. The summed E-state index contributed by atoms with van der Waals surface area (Å²) in [5.41, 5.74) is 6.52. The smallest absolute Gasteiger partial charge is 0.301 e. The second kappa shape index (κ2) is 5.92. The van der Waals surface area contributed by atoms with Crippen molar-refractivity contribution in [1.82, 2.24) is 4.31 Å². The molecular formula is C11H19N3O3S. The van der Waals surface area contributed by atoms with E-state index < -0.39 is 10.2 Å². The Hall–Kier alpha value is -1.47. The van der Waals surface area contributed by atoms with Crippen LogP contribution in [0.1, 0.15) is 13.8 Å². The molecule has 0 aliphatic rings. The number of hydrogen-bond donors (Lipinski definition) is 2. The van der Waals surface area contributed by atoms with E-state index >= 15 is 0 Å². The first-order valence-electron chi connectivity index (χ1n) is 5.66. The predicted molar refractivity (Wildman–Crippen MR) is 72.9 cm³/mol. The Morgan fingerprint density at radius 1 is 1.33 bits per heavy atom. The molecule has 0 radical (unpaired) electrons. The molecule has 0 bridgehead atoms. The molecule has 1 aromatic carbocycles. The fourth-order valence-electron chi connectivity index (χ4n) is 1.57. The molecule has 7 heteroatoms. The van der Waals surface area contributed by atoms with Gasteiger partial charge in [0, 0.05) is 13.1 Å². The summed E-state index contributed by atoms with van der Waals surface area (Å²) >= 11 is 0. The Kier molecular flexibility index (Phi) is 4.80. The lowest BCUT2D eigenvalue weighted by molar-refractivity contribution is 0.417. The fourth-order valence-corrected chi connectivity index (χ4v) is 2.81. The highest BCUT2D eigenvalue weighted by Crippen LogP contribution is 2.25. The average molecular weight is 273 g/mol. The Morgan fingerprint density at radius 3 is 2.39 bits per heavy atom. The van der Waals surface area contributed by atoms with Crippen LogP contribution in [0.3, 0.4) is 0 Å². The maximum atomic E-state index is 12.0. The first kappa shape index (κ1) is 14.6. The van der Waals surface area contributed by atoms with Gasteiger partial charge in [-0.2, -0.15) is 12.7 Å². The highest BCUT2D eigenvalue weighted by molar-refractivity contribution is 7.90. The third kappa shape index (κ3) is 3.27. The summed E-state index contributed by atoms with van der Waals surface area (Å²) in [5.74, 6) is 0.515. The van der Waals surface area contributed by atoms with Crippen LogP contribution in [0.2, 0.25) is 0 Å². The van der Waals surface area contributed by atoms with Gasteiger partial charge in [0.1, 0.15) is 5.75 Å². The van der Waals surface area contributed by atoms with Crippen molar-refractivity contribution in [3.63, 3.8) is 0 Å². The summed E-state index contributed by atoms with van der Waals surface area (Å²) < 4.78 is 32.8. The topological polar surface area (TPSA) is 84.7 Å². The van der Waals surface area contributed by atoms with E-state index in [0.29, 0.717) is 30.2 Å². The molecule has 0 spiro atoms. The molecule has 18 heavy (non-hydrogen) atoms. The van der Waals surface area contributed by atoms with Crippen molar-refractivity contribution in [2.45, 2.75) is 13.8 Å². The summed E-state index contributed by atoms with van der Waals surface area (Å²) in [6, 6.07) is 4.76. The van der Waals surface area contributed by atoms with Gasteiger partial charge in [-0.05, 0) is 18.2 Å². The van der Waals surface area contributed by atoms with Gasteiger partial charge in [-0.1, -0.05) is 13.8 Å². The van der Waals surface area contributed by atoms with Crippen LogP contribution in [0.25, 0.3) is 0 Å². The van der Waals surface area contributed by atoms with Gasteiger partial charge in [0.2, 0.25) is 0 Å². The van der Waals surface area contributed by atoms with Crippen LogP contribution >= 0.6 is 0 Å². The number of ether oxygens (including phenoxy) is 1. The molecule has 0 amide bonds. The molecule has 0 atom stereocenters. The van der Waals surface area contributed by atoms with Crippen LogP contribution in [0, 0.1) is 0 Å². The number of methoxy groups -OCH3 is 1. The summed E-state index contributed by atoms with van der Waals surface area (Å²) in [7, 11) is -2.02. The number of nitrogens with zero attached hydrogens (tertiary/aromatic N) is 1. The van der Waals surface area contributed by atoms with Gasteiger partial charge in [0.25, 0.3) is 0 Å². The van der Waals surface area contributed by atoms with Crippen molar-refractivity contribution >= 4 is 21.6 Å².